The first kappa shape index (κ1) is 16.2. The van der Waals surface area contributed by atoms with Crippen LogP contribution >= 0.6 is 0 Å². The molecule has 0 aliphatic rings. The molecule has 0 radical (unpaired) electrons. The molecule has 110 valence electrons. The predicted molar refractivity (Wildman–Crippen MR) is 82.2 cm³/mol. The topological polar surface area (TPSA) is 29.9 Å². The third-order valence-electron chi connectivity index (χ3n) is 3.97. The monoisotopic (exact) mass is 265 g/mol. The molecule has 0 aromatic carbocycles. The highest BCUT2D eigenvalue weighted by molar-refractivity contribution is 5.10. The number of nitrogens with zero attached hydrogens (tertiary/aromatic N) is 2. The third kappa shape index (κ3) is 4.64. The smallest absolute Gasteiger partial charge is 0.0625 e. The Morgan fingerprint density at radius 3 is 2.26 bits per heavy atom. The first-order valence-electron chi connectivity index (χ1n) is 7.75. The molecule has 0 atom stereocenters. The van der Waals surface area contributed by atoms with Crippen LogP contribution in [0.3, 0.4) is 0 Å². The summed E-state index contributed by atoms with van der Waals surface area (Å²) < 4.78 is 2.12. The largest absolute Gasteiger partial charge is 0.311 e. The number of nitrogens with one attached hydrogen (secondary N) is 1. The maximum absolute atomic E-state index is 4.59. The number of aryl methyl sites for hydroxylation is 2. The summed E-state index contributed by atoms with van der Waals surface area (Å²) >= 11 is 0. The van der Waals surface area contributed by atoms with E-state index in [4.69, 9.17) is 0 Å². The van der Waals surface area contributed by atoms with Crippen molar-refractivity contribution in [2.45, 2.75) is 61.1 Å². The average molecular weight is 265 g/mol. The van der Waals surface area contributed by atoms with Gasteiger partial charge in [0.15, 0.2) is 0 Å². The molecule has 0 unspecified atom stereocenters. The number of hydrogen-bond donors (Lipinski definition) is 1. The van der Waals surface area contributed by atoms with Crippen molar-refractivity contribution in [1.82, 2.24) is 15.1 Å². The molecule has 0 amide bonds. The van der Waals surface area contributed by atoms with Crippen LogP contribution in [0.25, 0.3) is 0 Å². The van der Waals surface area contributed by atoms with Crippen molar-refractivity contribution < 1.29 is 0 Å². The summed E-state index contributed by atoms with van der Waals surface area (Å²) in [6.07, 6.45) is 1.01. The summed E-state index contributed by atoms with van der Waals surface area (Å²) in [6, 6.07) is 2.23. The van der Waals surface area contributed by atoms with Gasteiger partial charge in [-0.05, 0) is 43.7 Å². The summed E-state index contributed by atoms with van der Waals surface area (Å²) in [7, 11) is 0. The van der Waals surface area contributed by atoms with Crippen LogP contribution in [0.5, 0.6) is 0 Å². The second-order valence-corrected chi connectivity index (χ2v) is 6.08. The van der Waals surface area contributed by atoms with E-state index < -0.39 is 0 Å². The lowest BCUT2D eigenvalue weighted by Gasteiger charge is -2.25. The molecule has 0 aliphatic carbocycles. The minimum absolute atomic E-state index is 0.731. The maximum atomic E-state index is 4.59. The minimum Gasteiger partial charge on any atom is -0.311 e. The Kier molecular flexibility index (Phi) is 6.56. The lowest BCUT2D eigenvalue weighted by Crippen LogP contribution is -2.30. The summed E-state index contributed by atoms with van der Waals surface area (Å²) in [5.74, 6) is 2.20. The van der Waals surface area contributed by atoms with Gasteiger partial charge >= 0.3 is 0 Å². The van der Waals surface area contributed by atoms with E-state index in [1.54, 1.807) is 0 Å². The highest BCUT2D eigenvalue weighted by Crippen LogP contribution is 2.19. The van der Waals surface area contributed by atoms with Gasteiger partial charge in [0.2, 0.25) is 0 Å². The van der Waals surface area contributed by atoms with E-state index in [9.17, 15) is 0 Å². The van der Waals surface area contributed by atoms with Crippen LogP contribution in [0.15, 0.2) is 6.07 Å². The standard InChI is InChI=1S/C16H31N3/c1-7-14-9-15(19(8-2)18-14)10-17-11-16(12(3)4)13(5)6/h9,12-13,16-17H,7-8,10-11H2,1-6H3. The molecular weight excluding hydrogens is 234 g/mol. The molecule has 0 fully saturated rings. The van der Waals surface area contributed by atoms with Crippen molar-refractivity contribution in [2.24, 2.45) is 17.8 Å². The van der Waals surface area contributed by atoms with Crippen LogP contribution in [-0.2, 0) is 19.5 Å². The van der Waals surface area contributed by atoms with Crippen LogP contribution < -0.4 is 5.32 Å². The molecule has 0 saturated heterocycles. The number of hydrogen-bond acceptors (Lipinski definition) is 2. The fraction of sp³-hybridized carbons (Fsp3) is 0.812. The second-order valence-electron chi connectivity index (χ2n) is 6.08. The SMILES string of the molecule is CCc1cc(CNCC(C(C)C)C(C)C)n(CC)n1. The molecule has 0 bridgehead atoms. The molecule has 19 heavy (non-hydrogen) atoms. The Labute approximate surface area is 118 Å². The van der Waals surface area contributed by atoms with Crippen LogP contribution in [0.2, 0.25) is 0 Å². The zero-order chi connectivity index (χ0) is 14.4. The van der Waals surface area contributed by atoms with E-state index in [1.165, 1.54) is 11.4 Å². The Morgan fingerprint density at radius 2 is 1.79 bits per heavy atom. The normalized spacial score (nSPS) is 12.1. The average Bonchev–Trinajstić information content (AvgIpc) is 2.76. The van der Waals surface area contributed by atoms with Gasteiger partial charge in [0, 0.05) is 13.1 Å². The number of aromatic nitrogens is 2. The van der Waals surface area contributed by atoms with Crippen molar-refractivity contribution in [3.8, 4) is 0 Å². The zero-order valence-corrected chi connectivity index (χ0v) is 13.5. The molecule has 1 rings (SSSR count). The molecule has 1 N–H and O–H groups in total. The van der Waals surface area contributed by atoms with E-state index >= 15 is 0 Å². The Balaban J connectivity index is 2.54. The van der Waals surface area contributed by atoms with E-state index in [1.807, 2.05) is 0 Å². The minimum atomic E-state index is 0.731. The van der Waals surface area contributed by atoms with Crippen LogP contribution in [-0.4, -0.2) is 16.3 Å². The zero-order valence-electron chi connectivity index (χ0n) is 13.5. The number of rotatable bonds is 8. The molecule has 1 aromatic rings. The van der Waals surface area contributed by atoms with E-state index in [-0.39, 0.29) is 0 Å². The highest BCUT2D eigenvalue weighted by atomic mass is 15.3. The Morgan fingerprint density at radius 1 is 1.16 bits per heavy atom. The fourth-order valence-corrected chi connectivity index (χ4v) is 2.71. The first-order chi connectivity index (χ1) is 8.99. The van der Waals surface area contributed by atoms with Gasteiger partial charge in [-0.1, -0.05) is 34.6 Å². The van der Waals surface area contributed by atoms with Crippen molar-refractivity contribution in [1.29, 1.82) is 0 Å². The van der Waals surface area contributed by atoms with Crippen molar-refractivity contribution >= 4 is 0 Å². The van der Waals surface area contributed by atoms with Crippen molar-refractivity contribution in [3.05, 3.63) is 17.5 Å². The quantitative estimate of drug-likeness (QED) is 0.780. The van der Waals surface area contributed by atoms with E-state index in [2.05, 4.69) is 62.7 Å². The summed E-state index contributed by atoms with van der Waals surface area (Å²) in [6.45, 7) is 16.6. The molecule has 3 nitrogen and oxygen atoms in total. The highest BCUT2D eigenvalue weighted by Gasteiger charge is 2.17. The van der Waals surface area contributed by atoms with Crippen molar-refractivity contribution in [2.75, 3.05) is 6.54 Å². The van der Waals surface area contributed by atoms with E-state index in [0.717, 1.165) is 43.8 Å². The Hall–Kier alpha value is -0.830. The van der Waals surface area contributed by atoms with E-state index in [0.29, 0.717) is 0 Å². The van der Waals surface area contributed by atoms with Crippen LogP contribution in [0, 0.1) is 17.8 Å². The molecule has 3 heteroatoms. The molecule has 0 aliphatic heterocycles. The molecule has 1 aromatic heterocycles. The first-order valence-corrected chi connectivity index (χ1v) is 7.75. The van der Waals surface area contributed by atoms with Gasteiger partial charge in [-0.2, -0.15) is 5.10 Å². The van der Waals surface area contributed by atoms with Gasteiger partial charge in [0.1, 0.15) is 0 Å². The molecular formula is C16H31N3. The maximum Gasteiger partial charge on any atom is 0.0625 e. The second kappa shape index (κ2) is 7.68. The third-order valence-corrected chi connectivity index (χ3v) is 3.97. The summed E-state index contributed by atoms with van der Waals surface area (Å²) in [5, 5.41) is 8.21. The van der Waals surface area contributed by atoms with Gasteiger partial charge in [-0.25, -0.2) is 0 Å². The summed E-state index contributed by atoms with van der Waals surface area (Å²) in [5.41, 5.74) is 2.51. The summed E-state index contributed by atoms with van der Waals surface area (Å²) in [4.78, 5) is 0. The van der Waals surface area contributed by atoms with Gasteiger partial charge < -0.3 is 5.32 Å². The van der Waals surface area contributed by atoms with Gasteiger partial charge in [-0.15, -0.1) is 0 Å². The Bertz CT molecular complexity index is 358. The predicted octanol–water partition coefficient (Wildman–Crippen LogP) is 3.48. The molecule has 0 spiro atoms. The van der Waals surface area contributed by atoms with Crippen LogP contribution in [0.1, 0.15) is 52.9 Å². The van der Waals surface area contributed by atoms with Gasteiger partial charge in [0.25, 0.3) is 0 Å². The molecule has 0 saturated carbocycles. The fourth-order valence-electron chi connectivity index (χ4n) is 2.71. The van der Waals surface area contributed by atoms with Crippen molar-refractivity contribution in [3.63, 3.8) is 0 Å². The lowest BCUT2D eigenvalue weighted by molar-refractivity contribution is 0.274. The lowest BCUT2D eigenvalue weighted by atomic mass is 9.85. The molecule has 1 heterocycles. The van der Waals surface area contributed by atoms with Gasteiger partial charge in [-0.3, -0.25) is 4.68 Å². The van der Waals surface area contributed by atoms with Gasteiger partial charge in [0.05, 0.1) is 11.4 Å². The van der Waals surface area contributed by atoms with Crippen LogP contribution in [0.4, 0.5) is 0 Å².